The first-order chi connectivity index (χ1) is 13.8. The van der Waals surface area contributed by atoms with Crippen molar-refractivity contribution in [1.82, 2.24) is 9.97 Å². The summed E-state index contributed by atoms with van der Waals surface area (Å²) in [6, 6.07) is 3.85. The van der Waals surface area contributed by atoms with E-state index in [2.05, 4.69) is 19.4 Å². The Labute approximate surface area is 167 Å². The summed E-state index contributed by atoms with van der Waals surface area (Å²) in [6.45, 7) is 3.93. The molecule has 0 aromatic carbocycles. The zero-order valence-electron chi connectivity index (χ0n) is 16.5. The lowest BCUT2D eigenvalue weighted by Gasteiger charge is -2.10. The molecule has 0 N–H and O–H groups in total. The van der Waals surface area contributed by atoms with Crippen LogP contribution in [0.1, 0.15) is 25.1 Å². The van der Waals surface area contributed by atoms with Crippen molar-refractivity contribution >= 4 is 0 Å². The van der Waals surface area contributed by atoms with Gasteiger partial charge in [-0.3, -0.25) is 0 Å². The number of hydrogen-bond donors (Lipinski definition) is 0. The number of halogens is 8. The van der Waals surface area contributed by atoms with Gasteiger partial charge in [-0.1, -0.05) is 13.8 Å². The highest BCUT2D eigenvalue weighted by Crippen LogP contribution is 2.23. The minimum atomic E-state index is -4.48. The number of aromatic nitrogens is 2. The third-order valence-corrected chi connectivity index (χ3v) is 2.78. The highest BCUT2D eigenvalue weighted by atomic mass is 19.4. The predicted octanol–water partition coefficient (Wildman–Crippen LogP) is 5.97. The first-order valence-electron chi connectivity index (χ1n) is 8.42. The number of alkyl halides is 6. The standard InChI is InChI=1S/2C8H7F4NO.C2H6/c1-5-2-3-13-7(9)6(5)14-4-8(10,11)12;1-5-2-3-6(7(9)13-5)14-4-8(10,11)12;1-2/h2*2-3H,4H2,1H3;1-2H3. The number of pyridine rings is 2. The molecule has 0 aliphatic carbocycles. The van der Waals surface area contributed by atoms with Gasteiger partial charge in [0.15, 0.2) is 24.7 Å². The van der Waals surface area contributed by atoms with E-state index in [1.54, 1.807) is 0 Å². The summed E-state index contributed by atoms with van der Waals surface area (Å²) in [5.74, 6) is -3.01. The van der Waals surface area contributed by atoms with Crippen LogP contribution in [0.2, 0.25) is 0 Å². The second-order valence-corrected chi connectivity index (χ2v) is 5.30. The molecule has 2 aromatic rings. The highest BCUT2D eigenvalue weighted by molar-refractivity contribution is 5.29. The van der Waals surface area contributed by atoms with Crippen LogP contribution < -0.4 is 9.47 Å². The van der Waals surface area contributed by atoms with Crippen LogP contribution in [-0.2, 0) is 0 Å². The molecule has 170 valence electrons. The third-order valence-electron chi connectivity index (χ3n) is 2.78. The molecule has 0 unspecified atom stereocenters. The molecule has 0 atom stereocenters. The molecule has 0 aliphatic heterocycles. The van der Waals surface area contributed by atoms with Gasteiger partial charge in [-0.2, -0.15) is 35.1 Å². The zero-order valence-corrected chi connectivity index (χ0v) is 16.5. The predicted molar refractivity (Wildman–Crippen MR) is 92.3 cm³/mol. The SMILES string of the molecule is CC.Cc1ccc(OCC(F)(F)F)c(F)n1.Cc1ccnc(F)c1OCC(F)(F)F. The van der Waals surface area contributed by atoms with Crippen LogP contribution in [0.15, 0.2) is 24.4 Å². The molecule has 30 heavy (non-hydrogen) atoms. The summed E-state index contributed by atoms with van der Waals surface area (Å²) >= 11 is 0. The fraction of sp³-hybridized carbons (Fsp3) is 0.444. The van der Waals surface area contributed by atoms with Crippen molar-refractivity contribution in [1.29, 1.82) is 0 Å². The Balaban J connectivity index is 0.000000518. The molecule has 0 aliphatic rings. The van der Waals surface area contributed by atoms with Crippen molar-refractivity contribution in [3.63, 3.8) is 0 Å². The molecule has 2 heterocycles. The second kappa shape index (κ2) is 12.1. The van der Waals surface area contributed by atoms with Crippen LogP contribution in [-0.4, -0.2) is 35.5 Å². The van der Waals surface area contributed by atoms with Crippen molar-refractivity contribution in [3.05, 3.63) is 47.5 Å². The van der Waals surface area contributed by atoms with Gasteiger partial charge in [0, 0.05) is 11.9 Å². The highest BCUT2D eigenvalue weighted by Gasteiger charge is 2.30. The Morgan fingerprint density at radius 2 is 1.33 bits per heavy atom. The van der Waals surface area contributed by atoms with Gasteiger partial charge in [0.2, 0.25) is 0 Å². The summed E-state index contributed by atoms with van der Waals surface area (Å²) < 4.78 is 104. The van der Waals surface area contributed by atoms with E-state index in [9.17, 15) is 35.1 Å². The fourth-order valence-corrected chi connectivity index (χ4v) is 1.62. The van der Waals surface area contributed by atoms with Gasteiger partial charge < -0.3 is 9.47 Å². The van der Waals surface area contributed by atoms with Crippen LogP contribution >= 0.6 is 0 Å². The Kier molecular flexibility index (Phi) is 11.1. The normalized spacial score (nSPS) is 10.9. The first kappa shape index (κ1) is 27.3. The van der Waals surface area contributed by atoms with E-state index in [1.807, 2.05) is 13.8 Å². The fourth-order valence-electron chi connectivity index (χ4n) is 1.62. The molecule has 0 saturated heterocycles. The maximum Gasteiger partial charge on any atom is 0.422 e. The van der Waals surface area contributed by atoms with Crippen LogP contribution in [0.5, 0.6) is 11.5 Å². The molecule has 2 rings (SSSR count). The lowest BCUT2D eigenvalue weighted by atomic mass is 10.3. The Morgan fingerprint density at radius 1 is 0.800 bits per heavy atom. The van der Waals surface area contributed by atoms with E-state index in [0.29, 0.717) is 5.69 Å². The van der Waals surface area contributed by atoms with Gasteiger partial charge in [-0.05, 0) is 37.6 Å². The smallest absolute Gasteiger partial charge is 0.422 e. The molecule has 0 fully saturated rings. The van der Waals surface area contributed by atoms with Gasteiger partial charge in [-0.25, -0.2) is 9.97 Å². The van der Waals surface area contributed by atoms with Crippen LogP contribution in [0.3, 0.4) is 0 Å². The monoisotopic (exact) mass is 448 g/mol. The maximum atomic E-state index is 12.8. The zero-order chi connectivity index (χ0) is 23.5. The third kappa shape index (κ3) is 11.4. The quantitative estimate of drug-likeness (QED) is 0.427. The summed E-state index contributed by atoms with van der Waals surface area (Å²) in [7, 11) is 0. The molecule has 0 amide bonds. The van der Waals surface area contributed by atoms with Crippen LogP contribution in [0.4, 0.5) is 35.1 Å². The van der Waals surface area contributed by atoms with Crippen molar-refractivity contribution < 1.29 is 44.6 Å². The molecule has 2 aromatic heterocycles. The molecular formula is C18H20F8N2O2. The van der Waals surface area contributed by atoms with E-state index in [0.717, 1.165) is 12.3 Å². The molecule has 0 spiro atoms. The Bertz CT molecular complexity index is 760. The van der Waals surface area contributed by atoms with Gasteiger partial charge in [0.1, 0.15) is 0 Å². The molecule has 0 bridgehead atoms. The lowest BCUT2D eigenvalue weighted by Crippen LogP contribution is -2.20. The van der Waals surface area contributed by atoms with Gasteiger partial charge in [0.05, 0.1) is 0 Å². The summed E-state index contributed by atoms with van der Waals surface area (Å²) in [5, 5.41) is 0. The van der Waals surface area contributed by atoms with Crippen molar-refractivity contribution in [2.45, 2.75) is 40.0 Å². The number of ether oxygens (including phenoxy) is 2. The summed E-state index contributed by atoms with van der Waals surface area (Å²) in [5.41, 5.74) is 0.656. The molecule has 0 saturated carbocycles. The Morgan fingerprint density at radius 3 is 1.80 bits per heavy atom. The molecule has 0 radical (unpaired) electrons. The second-order valence-electron chi connectivity index (χ2n) is 5.30. The maximum absolute atomic E-state index is 12.8. The van der Waals surface area contributed by atoms with Gasteiger partial charge >= 0.3 is 12.4 Å². The number of hydrogen-bond acceptors (Lipinski definition) is 4. The van der Waals surface area contributed by atoms with E-state index >= 15 is 0 Å². The molecule has 12 heteroatoms. The first-order valence-corrected chi connectivity index (χ1v) is 8.42. The largest absolute Gasteiger partial charge is 0.479 e. The minimum Gasteiger partial charge on any atom is -0.479 e. The van der Waals surface area contributed by atoms with Gasteiger partial charge in [0.25, 0.3) is 11.9 Å². The van der Waals surface area contributed by atoms with Crippen LogP contribution in [0.25, 0.3) is 0 Å². The van der Waals surface area contributed by atoms with E-state index < -0.39 is 49.0 Å². The molecule has 4 nitrogen and oxygen atoms in total. The average molecular weight is 448 g/mol. The lowest BCUT2D eigenvalue weighted by molar-refractivity contribution is -0.154. The van der Waals surface area contributed by atoms with Crippen molar-refractivity contribution in [2.24, 2.45) is 0 Å². The van der Waals surface area contributed by atoms with E-state index in [1.165, 1.54) is 26.0 Å². The minimum absolute atomic E-state index is 0.279. The van der Waals surface area contributed by atoms with Crippen LogP contribution in [0, 0.1) is 25.7 Å². The Hall–Kier alpha value is -2.66. The van der Waals surface area contributed by atoms with Crippen molar-refractivity contribution in [3.8, 4) is 11.5 Å². The number of aryl methyl sites for hydroxylation is 2. The average Bonchev–Trinajstić information content (AvgIpc) is 2.61. The topological polar surface area (TPSA) is 44.2 Å². The summed E-state index contributed by atoms with van der Waals surface area (Å²) in [4.78, 5) is 6.50. The number of nitrogens with zero attached hydrogens (tertiary/aromatic N) is 2. The van der Waals surface area contributed by atoms with E-state index in [-0.39, 0.29) is 5.56 Å². The van der Waals surface area contributed by atoms with E-state index in [4.69, 9.17) is 0 Å². The molecular weight excluding hydrogens is 428 g/mol. The summed E-state index contributed by atoms with van der Waals surface area (Å²) in [6.07, 6.45) is -7.79. The van der Waals surface area contributed by atoms with Crippen molar-refractivity contribution in [2.75, 3.05) is 13.2 Å². The van der Waals surface area contributed by atoms with Gasteiger partial charge in [-0.15, -0.1) is 0 Å². The number of rotatable bonds is 4.